The van der Waals surface area contributed by atoms with Gasteiger partial charge in [0.1, 0.15) is 0 Å². The van der Waals surface area contributed by atoms with Gasteiger partial charge in [0.05, 0.1) is 19.8 Å². The van der Waals surface area contributed by atoms with E-state index in [0.717, 1.165) is 6.61 Å². The first-order valence-corrected chi connectivity index (χ1v) is 4.33. The molecule has 1 atom stereocenters. The number of nitrogens with two attached hydrogens (primary N) is 1. The summed E-state index contributed by atoms with van der Waals surface area (Å²) in [5, 5.41) is 8.57. The van der Waals surface area contributed by atoms with Crippen molar-refractivity contribution in [1.29, 1.82) is 0 Å². The van der Waals surface area contributed by atoms with Gasteiger partial charge in [-0.25, -0.2) is 0 Å². The lowest BCUT2D eigenvalue weighted by molar-refractivity contribution is 0.0484. The summed E-state index contributed by atoms with van der Waals surface area (Å²) in [6.07, 6.45) is 0.697. The van der Waals surface area contributed by atoms with Gasteiger partial charge < -0.3 is 20.3 Å². The second-order valence-electron chi connectivity index (χ2n) is 2.54. The molecule has 3 N–H and O–H groups in total. The summed E-state index contributed by atoms with van der Waals surface area (Å²) in [4.78, 5) is 0. The monoisotopic (exact) mass is 177 g/mol. The van der Waals surface area contributed by atoms with Crippen molar-refractivity contribution >= 4 is 0 Å². The van der Waals surface area contributed by atoms with Crippen LogP contribution in [0.15, 0.2) is 0 Å². The molecule has 0 radical (unpaired) electrons. The summed E-state index contributed by atoms with van der Waals surface area (Å²) in [5.74, 6) is 0. The lowest BCUT2D eigenvalue weighted by Gasteiger charge is -2.08. The number of hydrogen-bond donors (Lipinski definition) is 2. The first-order chi connectivity index (χ1) is 5.81. The number of rotatable bonds is 8. The van der Waals surface area contributed by atoms with Gasteiger partial charge >= 0.3 is 0 Å². The average molecular weight is 177 g/mol. The largest absolute Gasteiger partial charge is 0.395 e. The van der Waals surface area contributed by atoms with Crippen LogP contribution in [0.2, 0.25) is 0 Å². The molecule has 1 unspecified atom stereocenters. The van der Waals surface area contributed by atoms with Gasteiger partial charge in [0.2, 0.25) is 0 Å². The Morgan fingerprint density at radius 1 is 1.25 bits per heavy atom. The lowest BCUT2D eigenvalue weighted by atomic mass is 10.2. The number of aliphatic hydroxyl groups excluding tert-OH is 1. The maximum atomic E-state index is 8.57. The molecule has 0 rings (SSSR count). The topological polar surface area (TPSA) is 64.7 Å². The minimum Gasteiger partial charge on any atom is -0.395 e. The maximum Gasteiger partial charge on any atom is 0.0700 e. The SMILES string of the molecule is CCOCCOCCC(N)CO. The van der Waals surface area contributed by atoms with Crippen molar-refractivity contribution in [1.82, 2.24) is 0 Å². The van der Waals surface area contributed by atoms with Crippen LogP contribution in [0.25, 0.3) is 0 Å². The molecule has 0 fully saturated rings. The maximum absolute atomic E-state index is 8.57. The third-order valence-electron chi connectivity index (χ3n) is 1.44. The fourth-order valence-electron chi connectivity index (χ4n) is 0.690. The summed E-state index contributed by atoms with van der Waals surface area (Å²) in [5.41, 5.74) is 5.45. The zero-order valence-corrected chi connectivity index (χ0v) is 7.66. The predicted octanol–water partition coefficient (Wildman–Crippen LogP) is -0.251. The van der Waals surface area contributed by atoms with E-state index < -0.39 is 0 Å². The molecule has 0 aromatic heterocycles. The van der Waals surface area contributed by atoms with Crippen molar-refractivity contribution in [3.63, 3.8) is 0 Å². The van der Waals surface area contributed by atoms with Crippen LogP contribution >= 0.6 is 0 Å². The normalized spacial score (nSPS) is 13.2. The number of hydrogen-bond acceptors (Lipinski definition) is 4. The highest BCUT2D eigenvalue weighted by Gasteiger charge is 1.98. The highest BCUT2D eigenvalue weighted by atomic mass is 16.5. The summed E-state index contributed by atoms with van der Waals surface area (Å²) < 4.78 is 10.3. The second kappa shape index (κ2) is 8.93. The van der Waals surface area contributed by atoms with E-state index in [0.29, 0.717) is 26.2 Å². The molecule has 0 amide bonds. The third-order valence-corrected chi connectivity index (χ3v) is 1.44. The minimum atomic E-state index is -0.155. The highest BCUT2D eigenvalue weighted by Crippen LogP contribution is 1.88. The molecule has 0 spiro atoms. The number of aliphatic hydroxyl groups is 1. The predicted molar refractivity (Wildman–Crippen MR) is 47.0 cm³/mol. The van der Waals surface area contributed by atoms with E-state index in [1.165, 1.54) is 0 Å². The Hall–Kier alpha value is -0.160. The van der Waals surface area contributed by atoms with Crippen LogP contribution in [0.3, 0.4) is 0 Å². The van der Waals surface area contributed by atoms with Crippen LogP contribution in [0.5, 0.6) is 0 Å². The Bertz CT molecular complexity index is 90.4. The molecule has 0 aliphatic carbocycles. The molecule has 12 heavy (non-hydrogen) atoms. The van der Waals surface area contributed by atoms with Crippen molar-refractivity contribution in [3.05, 3.63) is 0 Å². The molecule has 4 nitrogen and oxygen atoms in total. The molecule has 74 valence electrons. The first-order valence-electron chi connectivity index (χ1n) is 4.33. The van der Waals surface area contributed by atoms with E-state index in [9.17, 15) is 0 Å². The Balaban J connectivity index is 2.90. The Kier molecular flexibility index (Phi) is 8.81. The summed E-state index contributed by atoms with van der Waals surface area (Å²) >= 11 is 0. The molecular weight excluding hydrogens is 158 g/mol. The Labute approximate surface area is 73.7 Å². The smallest absolute Gasteiger partial charge is 0.0700 e. The van der Waals surface area contributed by atoms with Gasteiger partial charge in [-0.05, 0) is 13.3 Å². The fraction of sp³-hybridized carbons (Fsp3) is 1.00. The summed E-state index contributed by atoms with van der Waals surface area (Å²) in [7, 11) is 0. The molecule has 0 aromatic rings. The minimum absolute atomic E-state index is 0.0226. The molecule has 0 heterocycles. The van der Waals surface area contributed by atoms with Gasteiger partial charge in [0.15, 0.2) is 0 Å². The average Bonchev–Trinajstić information content (AvgIpc) is 2.10. The van der Waals surface area contributed by atoms with E-state index in [2.05, 4.69) is 0 Å². The molecule has 0 saturated carbocycles. The second-order valence-corrected chi connectivity index (χ2v) is 2.54. The van der Waals surface area contributed by atoms with Crippen molar-refractivity contribution in [2.24, 2.45) is 5.73 Å². The van der Waals surface area contributed by atoms with E-state index in [1.807, 2.05) is 6.92 Å². The molecule has 0 bridgehead atoms. The van der Waals surface area contributed by atoms with Gasteiger partial charge in [-0.2, -0.15) is 0 Å². The van der Waals surface area contributed by atoms with E-state index in [4.69, 9.17) is 20.3 Å². The van der Waals surface area contributed by atoms with Crippen molar-refractivity contribution in [3.8, 4) is 0 Å². The van der Waals surface area contributed by atoms with Crippen LogP contribution in [-0.2, 0) is 9.47 Å². The highest BCUT2D eigenvalue weighted by molar-refractivity contribution is 4.56. The van der Waals surface area contributed by atoms with Crippen LogP contribution in [-0.4, -0.2) is 44.2 Å². The van der Waals surface area contributed by atoms with Crippen molar-refractivity contribution in [2.45, 2.75) is 19.4 Å². The van der Waals surface area contributed by atoms with Gasteiger partial charge in [-0.1, -0.05) is 0 Å². The summed E-state index contributed by atoms with van der Waals surface area (Å²) in [6, 6.07) is -0.155. The standard InChI is InChI=1S/C8H19NO3/c1-2-11-5-6-12-4-3-8(9)7-10/h8,10H,2-7,9H2,1H3. The van der Waals surface area contributed by atoms with Crippen LogP contribution in [0.4, 0.5) is 0 Å². The quantitative estimate of drug-likeness (QED) is 0.502. The van der Waals surface area contributed by atoms with E-state index in [1.54, 1.807) is 0 Å². The van der Waals surface area contributed by atoms with E-state index in [-0.39, 0.29) is 12.6 Å². The lowest BCUT2D eigenvalue weighted by Crippen LogP contribution is -2.26. The third kappa shape index (κ3) is 7.94. The van der Waals surface area contributed by atoms with E-state index >= 15 is 0 Å². The zero-order valence-electron chi connectivity index (χ0n) is 7.66. The number of ether oxygens (including phenoxy) is 2. The molecule has 0 aliphatic heterocycles. The summed E-state index contributed by atoms with van der Waals surface area (Å²) in [6.45, 7) is 4.52. The Morgan fingerprint density at radius 2 is 1.92 bits per heavy atom. The Morgan fingerprint density at radius 3 is 2.50 bits per heavy atom. The fourth-order valence-corrected chi connectivity index (χ4v) is 0.690. The molecule has 0 saturated heterocycles. The van der Waals surface area contributed by atoms with Crippen LogP contribution in [0, 0.1) is 0 Å². The van der Waals surface area contributed by atoms with Gasteiger partial charge in [0.25, 0.3) is 0 Å². The van der Waals surface area contributed by atoms with Crippen molar-refractivity contribution in [2.75, 3.05) is 33.0 Å². The van der Waals surface area contributed by atoms with Crippen molar-refractivity contribution < 1.29 is 14.6 Å². The molecule has 0 aliphatic rings. The van der Waals surface area contributed by atoms with Crippen LogP contribution in [0.1, 0.15) is 13.3 Å². The molecule has 4 heteroatoms. The molecule has 0 aromatic carbocycles. The zero-order chi connectivity index (χ0) is 9.23. The first kappa shape index (κ1) is 11.8. The van der Waals surface area contributed by atoms with Gasteiger partial charge in [-0.15, -0.1) is 0 Å². The van der Waals surface area contributed by atoms with Crippen LogP contribution < -0.4 is 5.73 Å². The molecular formula is C8H19NO3. The van der Waals surface area contributed by atoms with Gasteiger partial charge in [-0.3, -0.25) is 0 Å². The van der Waals surface area contributed by atoms with Gasteiger partial charge in [0, 0.05) is 19.3 Å².